The fourth-order valence-corrected chi connectivity index (χ4v) is 3.34. The van der Waals surface area contributed by atoms with Crippen LogP contribution in [0.4, 0.5) is 18.9 Å². The van der Waals surface area contributed by atoms with Gasteiger partial charge in [0, 0.05) is 6.20 Å². The Morgan fingerprint density at radius 3 is 2.26 bits per heavy atom. The maximum absolute atomic E-state index is 12.5. The van der Waals surface area contributed by atoms with Gasteiger partial charge in [-0.1, -0.05) is 11.6 Å². The zero-order valence-electron chi connectivity index (χ0n) is 11.0. The van der Waals surface area contributed by atoms with Crippen LogP contribution in [0.25, 0.3) is 0 Å². The SMILES string of the molecule is O=C=Nc1ccc(S(=O)(=O)c2ncc(C(F)(F)F)cc2Cl)cc1. The summed E-state index contributed by atoms with van der Waals surface area (Å²) < 4.78 is 62.3. The van der Waals surface area contributed by atoms with Crippen molar-refractivity contribution in [2.24, 2.45) is 4.99 Å². The van der Waals surface area contributed by atoms with E-state index >= 15 is 0 Å². The Kier molecular flexibility index (Phi) is 4.56. The third-order valence-corrected chi connectivity index (χ3v) is 4.84. The number of carbonyl (C=O) groups excluding carboxylic acids is 1. The molecule has 0 N–H and O–H groups in total. The van der Waals surface area contributed by atoms with Crippen LogP contribution >= 0.6 is 11.6 Å². The highest BCUT2D eigenvalue weighted by molar-refractivity contribution is 7.91. The maximum atomic E-state index is 12.5. The molecule has 1 aromatic carbocycles. The molecule has 1 heterocycles. The van der Waals surface area contributed by atoms with E-state index in [1.165, 1.54) is 18.2 Å². The molecule has 0 radical (unpaired) electrons. The van der Waals surface area contributed by atoms with E-state index in [9.17, 15) is 26.4 Å². The second-order valence-electron chi connectivity index (χ2n) is 4.21. The summed E-state index contributed by atoms with van der Waals surface area (Å²) in [4.78, 5) is 16.5. The molecule has 0 amide bonds. The van der Waals surface area contributed by atoms with E-state index < -0.39 is 31.6 Å². The molecular weight excluding hydrogens is 357 g/mol. The van der Waals surface area contributed by atoms with Crippen LogP contribution in [-0.2, 0) is 20.8 Å². The normalized spacial score (nSPS) is 11.8. The van der Waals surface area contributed by atoms with Gasteiger partial charge in [0.05, 0.1) is 21.2 Å². The number of hydrogen-bond donors (Lipinski definition) is 0. The number of aromatic nitrogens is 1. The number of halogens is 4. The first kappa shape index (κ1) is 17.1. The van der Waals surface area contributed by atoms with Crippen LogP contribution in [0.1, 0.15) is 5.56 Å². The van der Waals surface area contributed by atoms with Crippen molar-refractivity contribution in [3.63, 3.8) is 0 Å². The standard InChI is InChI=1S/C13H6ClF3N2O3S/c14-11-5-8(13(15,16)17)6-18-12(11)23(21,22)10-3-1-9(2-4-10)19-7-20/h1-6H. The predicted octanol–water partition coefficient (Wildman–Crippen LogP) is 3.55. The number of aliphatic imine (C=N–C) groups is 1. The second-order valence-corrected chi connectivity index (χ2v) is 6.48. The molecule has 2 aromatic rings. The average molecular weight is 363 g/mol. The minimum absolute atomic E-state index is 0.172. The molecule has 0 spiro atoms. The Hall–Kier alpha value is -2.22. The van der Waals surface area contributed by atoms with E-state index in [1.54, 1.807) is 0 Å². The van der Waals surface area contributed by atoms with E-state index in [0.717, 1.165) is 12.1 Å². The molecule has 0 saturated carbocycles. The van der Waals surface area contributed by atoms with Crippen LogP contribution in [0.15, 0.2) is 51.4 Å². The molecule has 0 unspecified atom stereocenters. The van der Waals surface area contributed by atoms with Crippen molar-refractivity contribution in [1.82, 2.24) is 4.98 Å². The van der Waals surface area contributed by atoms with Gasteiger partial charge in [-0.3, -0.25) is 0 Å². The Bertz CT molecular complexity index is 890. The first-order valence-corrected chi connectivity index (χ1v) is 7.68. The largest absolute Gasteiger partial charge is 0.417 e. The molecule has 0 aliphatic heterocycles. The number of isocyanates is 1. The van der Waals surface area contributed by atoms with Crippen molar-refractivity contribution >= 4 is 33.2 Å². The van der Waals surface area contributed by atoms with Crippen LogP contribution < -0.4 is 0 Å². The first-order valence-electron chi connectivity index (χ1n) is 5.82. The van der Waals surface area contributed by atoms with Crippen LogP contribution in [-0.4, -0.2) is 19.5 Å². The molecular formula is C13H6ClF3N2O3S. The topological polar surface area (TPSA) is 76.5 Å². The summed E-state index contributed by atoms with van der Waals surface area (Å²) in [5.74, 6) is 0. The van der Waals surface area contributed by atoms with Gasteiger partial charge in [-0.15, -0.1) is 0 Å². The lowest BCUT2D eigenvalue weighted by Crippen LogP contribution is -2.10. The van der Waals surface area contributed by atoms with Gasteiger partial charge in [0.1, 0.15) is 0 Å². The van der Waals surface area contributed by atoms with E-state index in [-0.39, 0.29) is 10.6 Å². The number of pyridine rings is 1. The number of alkyl halides is 3. The zero-order valence-corrected chi connectivity index (χ0v) is 12.6. The lowest BCUT2D eigenvalue weighted by Gasteiger charge is -2.09. The van der Waals surface area contributed by atoms with E-state index in [1.807, 2.05) is 0 Å². The number of benzene rings is 1. The molecule has 1 aromatic heterocycles. The number of rotatable bonds is 3. The smallest absolute Gasteiger partial charge is 0.242 e. The van der Waals surface area contributed by atoms with Crippen LogP contribution in [0.3, 0.4) is 0 Å². The Labute approximate surface area is 133 Å². The molecule has 0 atom stereocenters. The highest BCUT2D eigenvalue weighted by Crippen LogP contribution is 2.33. The Balaban J connectivity index is 2.49. The monoisotopic (exact) mass is 362 g/mol. The number of hydrogen-bond acceptors (Lipinski definition) is 5. The predicted molar refractivity (Wildman–Crippen MR) is 73.9 cm³/mol. The van der Waals surface area contributed by atoms with Gasteiger partial charge in [0.2, 0.25) is 15.9 Å². The van der Waals surface area contributed by atoms with Crippen molar-refractivity contribution in [3.8, 4) is 0 Å². The Morgan fingerprint density at radius 1 is 1.17 bits per heavy atom. The molecule has 0 saturated heterocycles. The van der Waals surface area contributed by atoms with Crippen LogP contribution in [0.2, 0.25) is 5.02 Å². The lowest BCUT2D eigenvalue weighted by atomic mass is 10.3. The van der Waals surface area contributed by atoms with Gasteiger partial charge in [0.25, 0.3) is 0 Å². The average Bonchev–Trinajstić information content (AvgIpc) is 2.47. The van der Waals surface area contributed by atoms with Gasteiger partial charge < -0.3 is 0 Å². The number of nitrogens with zero attached hydrogens (tertiary/aromatic N) is 2. The summed E-state index contributed by atoms with van der Waals surface area (Å²) >= 11 is 5.64. The summed E-state index contributed by atoms with van der Waals surface area (Å²) in [5.41, 5.74) is -0.984. The molecule has 23 heavy (non-hydrogen) atoms. The Morgan fingerprint density at radius 2 is 1.78 bits per heavy atom. The lowest BCUT2D eigenvalue weighted by molar-refractivity contribution is -0.137. The van der Waals surface area contributed by atoms with Crippen LogP contribution in [0.5, 0.6) is 0 Å². The van der Waals surface area contributed by atoms with Gasteiger partial charge in [-0.2, -0.15) is 18.2 Å². The van der Waals surface area contributed by atoms with Gasteiger partial charge in [0.15, 0.2) is 5.03 Å². The molecule has 0 fully saturated rings. The molecule has 5 nitrogen and oxygen atoms in total. The molecule has 120 valence electrons. The van der Waals surface area contributed by atoms with Crippen molar-refractivity contribution < 1.29 is 26.4 Å². The molecule has 0 bridgehead atoms. The zero-order chi connectivity index (χ0) is 17.3. The van der Waals surface area contributed by atoms with Gasteiger partial charge >= 0.3 is 6.18 Å². The highest BCUT2D eigenvalue weighted by atomic mass is 35.5. The van der Waals surface area contributed by atoms with Crippen molar-refractivity contribution in [3.05, 3.63) is 47.1 Å². The van der Waals surface area contributed by atoms with Gasteiger partial charge in [-0.25, -0.2) is 18.2 Å². The summed E-state index contributed by atoms with van der Waals surface area (Å²) in [5, 5.41) is -1.34. The summed E-state index contributed by atoms with van der Waals surface area (Å²) in [6.45, 7) is 0. The third kappa shape index (κ3) is 3.58. The quantitative estimate of drug-likeness (QED) is 0.618. The minimum atomic E-state index is -4.69. The highest BCUT2D eigenvalue weighted by Gasteiger charge is 2.33. The minimum Gasteiger partial charge on any atom is -0.242 e. The van der Waals surface area contributed by atoms with E-state index in [4.69, 9.17) is 11.6 Å². The fraction of sp³-hybridized carbons (Fsp3) is 0.0769. The molecule has 0 aliphatic rings. The summed E-state index contributed by atoms with van der Waals surface area (Å²) in [6.07, 6.45) is -3.01. The molecule has 0 aliphatic carbocycles. The van der Waals surface area contributed by atoms with Crippen molar-refractivity contribution in [1.29, 1.82) is 0 Å². The maximum Gasteiger partial charge on any atom is 0.417 e. The molecule has 10 heteroatoms. The summed E-state index contributed by atoms with van der Waals surface area (Å²) in [6, 6.07) is 5.21. The van der Waals surface area contributed by atoms with Crippen LogP contribution in [0, 0.1) is 0 Å². The first-order chi connectivity index (χ1) is 10.7. The fourth-order valence-electron chi connectivity index (χ4n) is 1.64. The molecule has 2 rings (SSSR count). The van der Waals surface area contributed by atoms with Gasteiger partial charge in [-0.05, 0) is 30.3 Å². The summed E-state index contributed by atoms with van der Waals surface area (Å²) in [7, 11) is -4.21. The van der Waals surface area contributed by atoms with E-state index in [0.29, 0.717) is 12.3 Å². The van der Waals surface area contributed by atoms with Crippen molar-refractivity contribution in [2.45, 2.75) is 16.1 Å². The third-order valence-electron chi connectivity index (χ3n) is 2.71. The van der Waals surface area contributed by atoms with E-state index in [2.05, 4.69) is 9.98 Å². The number of sulfone groups is 1. The second kappa shape index (κ2) is 6.11. The van der Waals surface area contributed by atoms with Crippen molar-refractivity contribution in [2.75, 3.05) is 0 Å².